The molecule has 27 heavy (non-hydrogen) atoms. The Morgan fingerprint density at radius 1 is 1.33 bits per heavy atom. The van der Waals surface area contributed by atoms with E-state index in [4.69, 9.17) is 4.74 Å². The molecule has 1 aromatic rings. The molecule has 0 spiro atoms. The Balaban J connectivity index is 1.80. The van der Waals surface area contributed by atoms with Crippen LogP contribution < -0.4 is 0 Å². The Hall–Kier alpha value is -2.07. The number of hydrogen-bond donors (Lipinski definition) is 0. The van der Waals surface area contributed by atoms with Gasteiger partial charge in [-0.05, 0) is 30.7 Å². The van der Waals surface area contributed by atoms with Crippen LogP contribution in [0.2, 0.25) is 0 Å². The lowest BCUT2D eigenvalue weighted by atomic mass is 10.2. The third-order valence-electron chi connectivity index (χ3n) is 3.43. The maximum atomic E-state index is 12.3. The number of amides is 1. The molecule has 1 heterocycles. The van der Waals surface area contributed by atoms with Crippen LogP contribution in [0.1, 0.15) is 16.8 Å². The lowest BCUT2D eigenvalue weighted by Crippen LogP contribution is -2.27. The number of ether oxygens (including phenoxy) is 2. The number of alkyl halides is 2. The zero-order valence-corrected chi connectivity index (χ0v) is 16.0. The fourth-order valence-corrected chi connectivity index (χ4v) is 3.63. The second-order valence-electron chi connectivity index (χ2n) is 5.23. The minimum atomic E-state index is -2.52. The Labute approximate surface area is 163 Å². The van der Waals surface area contributed by atoms with Gasteiger partial charge in [-0.2, -0.15) is 8.78 Å². The Morgan fingerprint density at radius 2 is 2.04 bits per heavy atom. The third-order valence-corrected chi connectivity index (χ3v) is 5.18. The highest BCUT2D eigenvalue weighted by atomic mass is 32.2. The monoisotopic (exact) mass is 417 g/mol. The van der Waals surface area contributed by atoms with Gasteiger partial charge in [-0.25, -0.2) is 9.59 Å². The predicted molar refractivity (Wildman–Crippen MR) is 97.5 cm³/mol. The average molecular weight is 417 g/mol. The first-order chi connectivity index (χ1) is 12.9. The molecule has 146 valence electrons. The first-order valence-electron chi connectivity index (χ1n) is 7.85. The molecule has 1 fully saturated rings. The van der Waals surface area contributed by atoms with Crippen LogP contribution in [0.5, 0.6) is 0 Å². The second-order valence-corrected chi connectivity index (χ2v) is 7.29. The van der Waals surface area contributed by atoms with Crippen molar-refractivity contribution in [1.29, 1.82) is 0 Å². The van der Waals surface area contributed by atoms with Crippen molar-refractivity contribution < 1.29 is 32.6 Å². The lowest BCUT2D eigenvalue weighted by molar-refractivity contribution is -0.134. The van der Waals surface area contributed by atoms with Gasteiger partial charge in [-0.15, -0.1) is 0 Å². The minimum Gasteiger partial charge on any atom is -0.466 e. The molecule has 0 aliphatic carbocycles. The molecular weight excluding hydrogens is 400 g/mol. The van der Waals surface area contributed by atoms with E-state index in [0.717, 1.165) is 0 Å². The number of benzene rings is 1. The van der Waals surface area contributed by atoms with Crippen LogP contribution in [0.3, 0.4) is 0 Å². The number of halogens is 2. The molecule has 1 saturated heterocycles. The van der Waals surface area contributed by atoms with Gasteiger partial charge in [0.25, 0.3) is 5.76 Å². The van der Waals surface area contributed by atoms with Crippen molar-refractivity contribution in [3.8, 4) is 0 Å². The number of carbonyl (C=O) groups excluding carboxylic acids is 3. The van der Waals surface area contributed by atoms with Gasteiger partial charge in [0.05, 0.1) is 36.1 Å². The molecule has 1 aromatic carbocycles. The summed E-state index contributed by atoms with van der Waals surface area (Å²) >= 11 is 1.64. The highest BCUT2D eigenvalue weighted by molar-refractivity contribution is 8.04. The molecule has 0 unspecified atom stereocenters. The van der Waals surface area contributed by atoms with Crippen LogP contribution in [0.15, 0.2) is 40.3 Å². The molecule has 10 heteroatoms. The van der Waals surface area contributed by atoms with E-state index in [9.17, 15) is 23.2 Å². The molecule has 1 amide bonds. The zero-order valence-electron chi connectivity index (χ0n) is 14.4. The standard InChI is InChI=1S/C17H17F2NO5S2/c1-24-15(22)9-14-20(13(21)10-26-14)7-2-8-25-16(23)11-3-5-12(6-4-11)27-17(18)19/h3-6,9,17H,2,7-8,10H2,1H3/b14-9+. The molecule has 0 N–H and O–H groups in total. The minimum absolute atomic E-state index is 0.0757. The first-order valence-corrected chi connectivity index (χ1v) is 9.72. The van der Waals surface area contributed by atoms with Crippen molar-refractivity contribution in [3.05, 3.63) is 40.9 Å². The summed E-state index contributed by atoms with van der Waals surface area (Å²) in [4.78, 5) is 36.9. The summed E-state index contributed by atoms with van der Waals surface area (Å²) in [6, 6.07) is 5.70. The van der Waals surface area contributed by atoms with Crippen LogP contribution >= 0.6 is 23.5 Å². The Kier molecular flexibility index (Phi) is 8.11. The molecule has 2 rings (SSSR count). The van der Waals surface area contributed by atoms with E-state index >= 15 is 0 Å². The molecular formula is C17H17F2NO5S2. The smallest absolute Gasteiger partial charge is 0.338 e. The van der Waals surface area contributed by atoms with Crippen LogP contribution in [0, 0.1) is 0 Å². The third kappa shape index (κ3) is 6.55. The number of carbonyl (C=O) groups is 3. The fourth-order valence-electron chi connectivity index (χ4n) is 2.17. The van der Waals surface area contributed by atoms with Gasteiger partial charge in [-0.1, -0.05) is 23.5 Å². The molecule has 1 aliphatic heterocycles. The normalized spacial score (nSPS) is 15.5. The Morgan fingerprint density at radius 3 is 2.67 bits per heavy atom. The number of nitrogens with zero attached hydrogens (tertiary/aromatic N) is 1. The number of esters is 2. The van der Waals surface area contributed by atoms with Crippen LogP contribution in [0.25, 0.3) is 0 Å². The average Bonchev–Trinajstić information content (AvgIpc) is 2.98. The van der Waals surface area contributed by atoms with E-state index in [1.54, 1.807) is 0 Å². The van der Waals surface area contributed by atoms with E-state index in [1.807, 2.05) is 0 Å². The van der Waals surface area contributed by atoms with Crippen LogP contribution in [0.4, 0.5) is 8.78 Å². The highest BCUT2D eigenvalue weighted by Crippen LogP contribution is 2.29. The summed E-state index contributed by atoms with van der Waals surface area (Å²) in [5.41, 5.74) is 0.257. The molecule has 0 saturated carbocycles. The van der Waals surface area contributed by atoms with E-state index in [0.29, 0.717) is 34.7 Å². The van der Waals surface area contributed by atoms with Crippen molar-refractivity contribution >= 4 is 41.4 Å². The summed E-state index contributed by atoms with van der Waals surface area (Å²) in [5, 5.41) is 0.505. The predicted octanol–water partition coefficient (Wildman–Crippen LogP) is 3.14. The SMILES string of the molecule is COC(=O)/C=C1/SCC(=O)N1CCCOC(=O)c1ccc(SC(F)F)cc1. The number of methoxy groups -OCH3 is 1. The topological polar surface area (TPSA) is 72.9 Å². The second kappa shape index (κ2) is 10.3. The van der Waals surface area contributed by atoms with Crippen LogP contribution in [-0.4, -0.2) is 54.5 Å². The van der Waals surface area contributed by atoms with Gasteiger partial charge in [0.2, 0.25) is 5.91 Å². The van der Waals surface area contributed by atoms with Crippen LogP contribution in [-0.2, 0) is 19.1 Å². The highest BCUT2D eigenvalue weighted by Gasteiger charge is 2.27. The van der Waals surface area contributed by atoms with Gasteiger partial charge in [0, 0.05) is 11.4 Å². The maximum Gasteiger partial charge on any atom is 0.338 e. The fraction of sp³-hybridized carbons (Fsp3) is 0.353. The van der Waals surface area contributed by atoms with Crippen molar-refractivity contribution in [2.45, 2.75) is 17.1 Å². The quantitative estimate of drug-likeness (QED) is 0.278. The van der Waals surface area contributed by atoms with E-state index < -0.39 is 17.7 Å². The van der Waals surface area contributed by atoms with Gasteiger partial charge in [0.1, 0.15) is 0 Å². The maximum absolute atomic E-state index is 12.3. The van der Waals surface area contributed by atoms with E-state index in [1.165, 1.54) is 54.1 Å². The molecule has 6 nitrogen and oxygen atoms in total. The van der Waals surface area contributed by atoms with E-state index in [-0.39, 0.29) is 23.8 Å². The molecule has 0 radical (unpaired) electrons. The van der Waals surface area contributed by atoms with Crippen molar-refractivity contribution in [1.82, 2.24) is 4.90 Å². The molecule has 0 aromatic heterocycles. The summed E-state index contributed by atoms with van der Waals surface area (Å²) < 4.78 is 34.2. The summed E-state index contributed by atoms with van der Waals surface area (Å²) in [7, 11) is 1.25. The summed E-state index contributed by atoms with van der Waals surface area (Å²) in [5.74, 6) is -3.53. The van der Waals surface area contributed by atoms with Crippen molar-refractivity contribution in [3.63, 3.8) is 0 Å². The lowest BCUT2D eigenvalue weighted by Gasteiger charge is -2.16. The van der Waals surface area contributed by atoms with E-state index in [2.05, 4.69) is 4.74 Å². The number of rotatable bonds is 8. The molecule has 0 atom stereocenters. The van der Waals surface area contributed by atoms with Gasteiger partial charge in [-0.3, -0.25) is 4.79 Å². The zero-order chi connectivity index (χ0) is 19.8. The Bertz CT molecular complexity index is 725. The van der Waals surface area contributed by atoms with Crippen molar-refractivity contribution in [2.24, 2.45) is 0 Å². The van der Waals surface area contributed by atoms with Crippen molar-refractivity contribution in [2.75, 3.05) is 26.0 Å². The molecule has 1 aliphatic rings. The van der Waals surface area contributed by atoms with Gasteiger partial charge >= 0.3 is 11.9 Å². The number of thioether (sulfide) groups is 2. The van der Waals surface area contributed by atoms with Gasteiger partial charge < -0.3 is 14.4 Å². The summed E-state index contributed by atoms with van der Waals surface area (Å²) in [6.45, 7) is 0.373. The van der Waals surface area contributed by atoms with Gasteiger partial charge in [0.15, 0.2) is 0 Å². The largest absolute Gasteiger partial charge is 0.466 e. The summed E-state index contributed by atoms with van der Waals surface area (Å²) in [6.07, 6.45) is 1.64. The molecule has 0 bridgehead atoms. The number of hydrogen-bond acceptors (Lipinski definition) is 7. The first kappa shape index (κ1) is 21.2.